The summed E-state index contributed by atoms with van der Waals surface area (Å²) in [6.07, 6.45) is 0. The standard InChI is InChI=1S/C25H22Cl2IN5O/c26-19-11-17(28)12-20(27)24(19)33-25-31-13-21(32-25)16-6-7-22(34-14-23-29-8-9-30-23)18(10-16)15-4-2-1-3-5-15/h1-7,10-12,21H,8-9,13-14H2,(H,29,30)(H2,31,32,33). The number of ether oxygens (including phenoxy) is 1. The van der Waals surface area contributed by atoms with E-state index in [1.807, 2.05) is 36.4 Å². The number of nitrogens with zero attached hydrogens (tertiary/aromatic N) is 2. The van der Waals surface area contributed by atoms with Gasteiger partial charge in [0, 0.05) is 15.7 Å². The maximum absolute atomic E-state index is 6.39. The maximum atomic E-state index is 6.39. The average Bonchev–Trinajstić information content (AvgIpc) is 3.53. The fourth-order valence-corrected chi connectivity index (χ4v) is 5.48. The Kier molecular flexibility index (Phi) is 7.12. The largest absolute Gasteiger partial charge is 0.485 e. The van der Waals surface area contributed by atoms with E-state index < -0.39 is 0 Å². The minimum Gasteiger partial charge on any atom is -0.485 e. The Bertz CT molecular complexity index is 1240. The molecule has 5 rings (SSSR count). The van der Waals surface area contributed by atoms with E-state index in [1.165, 1.54) is 0 Å². The highest BCUT2D eigenvalue weighted by Gasteiger charge is 2.22. The molecule has 1 atom stereocenters. The minimum absolute atomic E-state index is 0.0151. The fourth-order valence-electron chi connectivity index (χ4n) is 3.91. The molecular weight excluding hydrogens is 584 g/mol. The highest BCUT2D eigenvalue weighted by atomic mass is 127. The van der Waals surface area contributed by atoms with Crippen LogP contribution >= 0.6 is 45.8 Å². The third kappa shape index (κ3) is 5.26. The second-order valence-corrected chi connectivity index (χ2v) is 9.98. The van der Waals surface area contributed by atoms with Crippen LogP contribution < -0.4 is 20.7 Å². The van der Waals surface area contributed by atoms with Crippen molar-refractivity contribution in [2.24, 2.45) is 9.98 Å². The molecule has 34 heavy (non-hydrogen) atoms. The van der Waals surface area contributed by atoms with Crippen LogP contribution in [0.2, 0.25) is 10.0 Å². The van der Waals surface area contributed by atoms with Crippen LogP contribution in [0.25, 0.3) is 11.1 Å². The Morgan fingerprint density at radius 3 is 2.56 bits per heavy atom. The van der Waals surface area contributed by atoms with Crippen molar-refractivity contribution in [2.45, 2.75) is 6.04 Å². The van der Waals surface area contributed by atoms with Gasteiger partial charge in [0.25, 0.3) is 0 Å². The van der Waals surface area contributed by atoms with Gasteiger partial charge in [-0.1, -0.05) is 59.6 Å². The lowest BCUT2D eigenvalue weighted by Gasteiger charge is -2.18. The Morgan fingerprint density at radius 2 is 1.82 bits per heavy atom. The molecule has 0 spiro atoms. The van der Waals surface area contributed by atoms with E-state index in [2.05, 4.69) is 72.8 Å². The molecular formula is C25H22Cl2IN5O. The molecule has 0 amide bonds. The number of nitrogens with one attached hydrogen (secondary N) is 3. The van der Waals surface area contributed by atoms with E-state index >= 15 is 0 Å². The Morgan fingerprint density at radius 1 is 1.03 bits per heavy atom. The summed E-state index contributed by atoms with van der Waals surface area (Å²) in [6.45, 7) is 2.68. The summed E-state index contributed by atoms with van der Waals surface area (Å²) in [7, 11) is 0. The third-order valence-electron chi connectivity index (χ3n) is 5.59. The highest BCUT2D eigenvalue weighted by Crippen LogP contribution is 2.35. The summed E-state index contributed by atoms with van der Waals surface area (Å²) in [4.78, 5) is 9.05. The highest BCUT2D eigenvalue weighted by molar-refractivity contribution is 14.1. The second-order valence-electron chi connectivity index (χ2n) is 7.92. The summed E-state index contributed by atoms with van der Waals surface area (Å²) in [5.41, 5.74) is 3.88. The zero-order valence-corrected chi connectivity index (χ0v) is 21.8. The number of anilines is 1. The molecule has 0 radical (unpaired) electrons. The molecule has 9 heteroatoms. The summed E-state index contributed by atoms with van der Waals surface area (Å²) in [5.74, 6) is 2.35. The zero-order valence-electron chi connectivity index (χ0n) is 18.1. The van der Waals surface area contributed by atoms with Gasteiger partial charge in [-0.05, 0) is 58.0 Å². The molecule has 6 nitrogen and oxygen atoms in total. The first kappa shape index (κ1) is 23.3. The van der Waals surface area contributed by atoms with Gasteiger partial charge in [0.1, 0.15) is 18.2 Å². The van der Waals surface area contributed by atoms with Crippen LogP contribution in [0.3, 0.4) is 0 Å². The van der Waals surface area contributed by atoms with Crippen molar-refractivity contribution in [3.8, 4) is 16.9 Å². The summed E-state index contributed by atoms with van der Waals surface area (Å²) in [6, 6.07) is 20.2. The smallest absolute Gasteiger partial charge is 0.196 e. The lowest BCUT2D eigenvalue weighted by atomic mass is 9.98. The maximum Gasteiger partial charge on any atom is 0.196 e. The van der Waals surface area contributed by atoms with E-state index in [0.717, 1.165) is 44.9 Å². The first-order valence-electron chi connectivity index (χ1n) is 10.9. The molecule has 174 valence electrons. The van der Waals surface area contributed by atoms with Crippen LogP contribution in [0.5, 0.6) is 5.75 Å². The first-order valence-corrected chi connectivity index (χ1v) is 12.7. The topological polar surface area (TPSA) is 70.0 Å². The van der Waals surface area contributed by atoms with Gasteiger partial charge in [0.2, 0.25) is 0 Å². The molecule has 0 saturated carbocycles. The van der Waals surface area contributed by atoms with Crippen LogP contribution in [-0.2, 0) is 0 Å². The molecule has 2 heterocycles. The van der Waals surface area contributed by atoms with Gasteiger partial charge in [-0.25, -0.2) is 0 Å². The number of aliphatic imine (C=N–C) groups is 2. The van der Waals surface area contributed by atoms with Gasteiger partial charge in [0.15, 0.2) is 5.96 Å². The lowest BCUT2D eigenvalue weighted by molar-refractivity contribution is 0.375. The summed E-state index contributed by atoms with van der Waals surface area (Å²) >= 11 is 15.0. The van der Waals surface area contributed by atoms with Crippen molar-refractivity contribution in [1.82, 2.24) is 10.6 Å². The van der Waals surface area contributed by atoms with Crippen LogP contribution in [-0.4, -0.2) is 38.0 Å². The monoisotopic (exact) mass is 605 g/mol. The van der Waals surface area contributed by atoms with E-state index in [1.54, 1.807) is 0 Å². The van der Waals surface area contributed by atoms with Gasteiger partial charge < -0.3 is 20.7 Å². The molecule has 3 aromatic carbocycles. The SMILES string of the molecule is Clc1cc(I)cc(Cl)c1NC1=NCC(c2ccc(OCC3=NCCN3)c(-c3ccccc3)c2)N1. The quantitative estimate of drug-likeness (QED) is 0.313. The molecule has 0 fully saturated rings. The van der Waals surface area contributed by atoms with Crippen LogP contribution in [0.15, 0.2) is 70.6 Å². The number of halogens is 3. The second kappa shape index (κ2) is 10.4. The molecule has 0 bridgehead atoms. The molecule has 2 aliphatic heterocycles. The molecule has 0 aliphatic carbocycles. The fraction of sp³-hybridized carbons (Fsp3) is 0.200. The number of hydrogen-bond acceptors (Lipinski definition) is 6. The third-order valence-corrected chi connectivity index (χ3v) is 6.81. The number of amidine groups is 1. The predicted octanol–water partition coefficient (Wildman–Crippen LogP) is 5.76. The minimum atomic E-state index is 0.0151. The van der Waals surface area contributed by atoms with Crippen LogP contribution in [0.1, 0.15) is 11.6 Å². The number of rotatable bonds is 6. The Labute approximate surface area is 222 Å². The summed E-state index contributed by atoms with van der Waals surface area (Å²) in [5, 5.41) is 11.1. The predicted molar refractivity (Wildman–Crippen MR) is 149 cm³/mol. The first-order chi connectivity index (χ1) is 16.6. The van der Waals surface area contributed by atoms with E-state index in [4.69, 9.17) is 27.9 Å². The van der Waals surface area contributed by atoms with Crippen molar-refractivity contribution in [2.75, 3.05) is 31.6 Å². The molecule has 3 aromatic rings. The number of guanidine groups is 1. The molecule has 3 N–H and O–H groups in total. The van der Waals surface area contributed by atoms with Crippen molar-refractivity contribution in [3.63, 3.8) is 0 Å². The van der Waals surface area contributed by atoms with Gasteiger partial charge in [0.05, 0.1) is 34.9 Å². The Balaban J connectivity index is 1.35. The molecule has 0 aromatic heterocycles. The lowest BCUT2D eigenvalue weighted by Crippen LogP contribution is -2.29. The zero-order chi connectivity index (χ0) is 23.5. The molecule has 2 aliphatic rings. The van der Waals surface area contributed by atoms with Crippen molar-refractivity contribution >= 4 is 63.3 Å². The Hall–Kier alpha value is -2.49. The number of benzene rings is 3. The van der Waals surface area contributed by atoms with Gasteiger partial charge >= 0.3 is 0 Å². The van der Waals surface area contributed by atoms with Crippen LogP contribution in [0.4, 0.5) is 5.69 Å². The van der Waals surface area contributed by atoms with Crippen molar-refractivity contribution in [1.29, 1.82) is 0 Å². The van der Waals surface area contributed by atoms with Crippen molar-refractivity contribution < 1.29 is 4.74 Å². The molecule has 1 unspecified atom stereocenters. The van der Waals surface area contributed by atoms with Gasteiger partial charge in [-0.3, -0.25) is 9.98 Å². The van der Waals surface area contributed by atoms with E-state index in [-0.39, 0.29) is 6.04 Å². The normalized spacial score (nSPS) is 17.0. The van der Waals surface area contributed by atoms with Crippen molar-refractivity contribution in [3.05, 3.63) is 79.8 Å². The summed E-state index contributed by atoms with van der Waals surface area (Å²) < 4.78 is 7.12. The van der Waals surface area contributed by atoms with Gasteiger partial charge in [-0.2, -0.15) is 0 Å². The van der Waals surface area contributed by atoms with E-state index in [9.17, 15) is 0 Å². The van der Waals surface area contributed by atoms with Crippen LogP contribution in [0, 0.1) is 3.57 Å². The number of hydrogen-bond donors (Lipinski definition) is 3. The molecule has 0 saturated heterocycles. The van der Waals surface area contributed by atoms with Gasteiger partial charge in [-0.15, -0.1) is 0 Å². The van der Waals surface area contributed by atoms with E-state index in [0.29, 0.717) is 34.8 Å². The average molecular weight is 606 g/mol.